The molecular weight excluding hydrogens is 172 g/mol. The van der Waals surface area contributed by atoms with Crippen molar-refractivity contribution in [2.75, 3.05) is 20.4 Å². The first kappa shape index (κ1) is 9.77. The van der Waals surface area contributed by atoms with Crippen molar-refractivity contribution in [2.24, 2.45) is 0 Å². The molecule has 2 amide bonds. The summed E-state index contributed by atoms with van der Waals surface area (Å²) in [6.07, 6.45) is 1.30. The Labute approximate surface area is 76.3 Å². The van der Waals surface area contributed by atoms with E-state index in [-0.39, 0.29) is 12.8 Å². The standard InChI is InChI=1S/C8H12N2O3/c1-8(3-4-11)5-13-6-10(8)7(12)9-2/h3H,5-6H2,1-2H3,(H,9,12)/t8-/m1/s1. The van der Waals surface area contributed by atoms with Gasteiger partial charge in [-0.15, -0.1) is 0 Å². The number of hydrogen-bond acceptors (Lipinski definition) is 3. The predicted molar refractivity (Wildman–Crippen MR) is 45.8 cm³/mol. The second kappa shape index (κ2) is 3.60. The molecule has 72 valence electrons. The van der Waals surface area contributed by atoms with E-state index in [1.807, 2.05) is 0 Å². The average molecular weight is 184 g/mol. The molecule has 13 heavy (non-hydrogen) atoms. The van der Waals surface area contributed by atoms with Crippen molar-refractivity contribution < 1.29 is 14.3 Å². The molecule has 0 saturated carbocycles. The van der Waals surface area contributed by atoms with E-state index in [1.165, 1.54) is 18.0 Å². The smallest absolute Gasteiger partial charge is 0.319 e. The fourth-order valence-electron chi connectivity index (χ4n) is 1.24. The molecule has 5 heteroatoms. The van der Waals surface area contributed by atoms with Crippen molar-refractivity contribution in [3.8, 4) is 0 Å². The van der Waals surface area contributed by atoms with Crippen LogP contribution >= 0.6 is 0 Å². The summed E-state index contributed by atoms with van der Waals surface area (Å²) >= 11 is 0. The Morgan fingerprint density at radius 3 is 3.00 bits per heavy atom. The molecule has 0 aromatic heterocycles. The maximum Gasteiger partial charge on any atom is 0.319 e. The highest BCUT2D eigenvalue weighted by Crippen LogP contribution is 2.22. The van der Waals surface area contributed by atoms with Gasteiger partial charge in [0.15, 0.2) is 0 Å². The van der Waals surface area contributed by atoms with Crippen LogP contribution in [0.5, 0.6) is 0 Å². The Morgan fingerprint density at radius 2 is 2.46 bits per heavy atom. The molecule has 1 heterocycles. The van der Waals surface area contributed by atoms with E-state index in [2.05, 4.69) is 5.32 Å². The van der Waals surface area contributed by atoms with Gasteiger partial charge in [-0.05, 0) is 6.92 Å². The van der Waals surface area contributed by atoms with Gasteiger partial charge in [0.05, 0.1) is 12.1 Å². The molecule has 1 atom stereocenters. The molecule has 0 bridgehead atoms. The molecule has 0 aromatic rings. The highest BCUT2D eigenvalue weighted by molar-refractivity contribution is 5.75. The van der Waals surface area contributed by atoms with Crippen LogP contribution in [0.3, 0.4) is 0 Å². The fourth-order valence-corrected chi connectivity index (χ4v) is 1.24. The summed E-state index contributed by atoms with van der Waals surface area (Å²) in [7, 11) is 1.53. The Morgan fingerprint density at radius 1 is 1.77 bits per heavy atom. The first-order valence-corrected chi connectivity index (χ1v) is 3.93. The molecule has 5 nitrogen and oxygen atoms in total. The Kier molecular flexibility index (Phi) is 2.70. The zero-order chi connectivity index (χ0) is 9.90. The molecule has 1 fully saturated rings. The second-order valence-corrected chi connectivity index (χ2v) is 3.08. The summed E-state index contributed by atoms with van der Waals surface area (Å²) in [4.78, 5) is 23.0. The number of nitrogens with one attached hydrogen (secondary N) is 1. The van der Waals surface area contributed by atoms with Crippen LogP contribution in [0.15, 0.2) is 6.08 Å². The quantitative estimate of drug-likeness (QED) is 0.572. The lowest BCUT2D eigenvalue weighted by atomic mass is 10.0. The van der Waals surface area contributed by atoms with Gasteiger partial charge >= 0.3 is 6.03 Å². The zero-order valence-corrected chi connectivity index (χ0v) is 7.66. The van der Waals surface area contributed by atoms with E-state index in [0.717, 1.165) is 0 Å². The highest BCUT2D eigenvalue weighted by atomic mass is 16.5. The maximum absolute atomic E-state index is 11.3. The van der Waals surface area contributed by atoms with Crippen LogP contribution in [0, 0.1) is 0 Å². The van der Waals surface area contributed by atoms with Gasteiger partial charge < -0.3 is 10.1 Å². The molecule has 0 radical (unpaired) electrons. The molecule has 1 rings (SSSR count). The first-order valence-electron chi connectivity index (χ1n) is 3.93. The van der Waals surface area contributed by atoms with Crippen LogP contribution in [0.1, 0.15) is 6.92 Å². The lowest BCUT2D eigenvalue weighted by molar-refractivity contribution is 0.142. The number of carbonyl (C=O) groups is 1. The van der Waals surface area contributed by atoms with Crippen LogP contribution in [0.4, 0.5) is 4.79 Å². The zero-order valence-electron chi connectivity index (χ0n) is 7.66. The molecular formula is C8H12N2O3. The van der Waals surface area contributed by atoms with Gasteiger partial charge in [-0.1, -0.05) is 0 Å². The van der Waals surface area contributed by atoms with Crippen LogP contribution in [-0.2, 0) is 9.53 Å². The van der Waals surface area contributed by atoms with Crippen molar-refractivity contribution in [1.82, 2.24) is 10.2 Å². The maximum atomic E-state index is 11.3. The van der Waals surface area contributed by atoms with E-state index < -0.39 is 5.54 Å². The minimum absolute atomic E-state index is 0.203. The van der Waals surface area contributed by atoms with Crippen molar-refractivity contribution in [1.29, 1.82) is 0 Å². The number of urea groups is 1. The van der Waals surface area contributed by atoms with Gasteiger partial charge in [-0.2, -0.15) is 0 Å². The van der Waals surface area contributed by atoms with E-state index in [1.54, 1.807) is 12.9 Å². The molecule has 0 unspecified atom stereocenters. The minimum Gasteiger partial charge on any atom is -0.358 e. The first-order chi connectivity index (χ1) is 6.14. The number of carbonyl (C=O) groups excluding carboxylic acids is 2. The molecule has 0 aliphatic carbocycles. The fraction of sp³-hybridized carbons (Fsp3) is 0.625. The van der Waals surface area contributed by atoms with Gasteiger partial charge in [0.25, 0.3) is 0 Å². The number of rotatable bonds is 1. The van der Waals surface area contributed by atoms with Crippen molar-refractivity contribution in [3.05, 3.63) is 6.08 Å². The van der Waals surface area contributed by atoms with Crippen LogP contribution in [-0.4, -0.2) is 42.8 Å². The van der Waals surface area contributed by atoms with E-state index in [0.29, 0.717) is 6.61 Å². The van der Waals surface area contributed by atoms with Crippen LogP contribution in [0.25, 0.3) is 0 Å². The summed E-state index contributed by atoms with van der Waals surface area (Å²) in [6.45, 7) is 2.28. The largest absolute Gasteiger partial charge is 0.358 e. The summed E-state index contributed by atoms with van der Waals surface area (Å²) in [6, 6.07) is -0.258. The van der Waals surface area contributed by atoms with E-state index >= 15 is 0 Å². The van der Waals surface area contributed by atoms with Gasteiger partial charge in [0.1, 0.15) is 12.7 Å². The van der Waals surface area contributed by atoms with E-state index in [9.17, 15) is 9.59 Å². The van der Waals surface area contributed by atoms with Crippen LogP contribution in [0.2, 0.25) is 0 Å². The Bertz CT molecular complexity index is 260. The summed E-state index contributed by atoms with van der Waals surface area (Å²) in [5, 5.41) is 2.48. The average Bonchev–Trinajstić information content (AvgIpc) is 2.47. The molecule has 1 aliphatic heterocycles. The third-order valence-electron chi connectivity index (χ3n) is 2.06. The third-order valence-corrected chi connectivity index (χ3v) is 2.06. The lowest BCUT2D eigenvalue weighted by Gasteiger charge is -2.28. The Balaban J connectivity index is 2.85. The predicted octanol–water partition coefficient (Wildman–Crippen LogP) is -0.238. The number of hydrogen-bond donors (Lipinski definition) is 1. The van der Waals surface area contributed by atoms with Crippen molar-refractivity contribution >= 4 is 12.0 Å². The molecule has 1 aliphatic rings. The summed E-state index contributed by atoms with van der Waals surface area (Å²) < 4.78 is 5.10. The second-order valence-electron chi connectivity index (χ2n) is 3.08. The van der Waals surface area contributed by atoms with Crippen molar-refractivity contribution in [2.45, 2.75) is 12.5 Å². The van der Waals surface area contributed by atoms with Crippen molar-refractivity contribution in [3.63, 3.8) is 0 Å². The number of ether oxygens (including phenoxy) is 1. The SMILES string of the molecule is CNC(=O)N1COC[C@@]1(C)C=C=O. The van der Waals surface area contributed by atoms with Crippen LogP contribution < -0.4 is 5.32 Å². The lowest BCUT2D eigenvalue weighted by Crippen LogP contribution is -2.49. The number of nitrogens with zero attached hydrogens (tertiary/aromatic N) is 1. The number of amides is 2. The monoisotopic (exact) mass is 184 g/mol. The Hall–Kier alpha value is -1.32. The van der Waals surface area contributed by atoms with Gasteiger partial charge in [0, 0.05) is 13.1 Å². The normalized spacial score (nSPS) is 26.8. The summed E-state index contributed by atoms with van der Waals surface area (Å²) in [5.74, 6) is 1.68. The summed E-state index contributed by atoms with van der Waals surface area (Å²) in [5.41, 5.74) is -0.665. The molecule has 0 spiro atoms. The van der Waals surface area contributed by atoms with E-state index in [4.69, 9.17) is 4.74 Å². The van der Waals surface area contributed by atoms with Gasteiger partial charge in [0.2, 0.25) is 0 Å². The molecule has 1 saturated heterocycles. The molecule has 0 aromatic carbocycles. The topological polar surface area (TPSA) is 58.6 Å². The van der Waals surface area contributed by atoms with Gasteiger partial charge in [-0.25, -0.2) is 9.59 Å². The minimum atomic E-state index is -0.665. The van der Waals surface area contributed by atoms with Gasteiger partial charge in [-0.3, -0.25) is 4.90 Å². The molecule has 1 N–H and O–H groups in total. The third kappa shape index (κ3) is 1.71. The highest BCUT2D eigenvalue weighted by Gasteiger charge is 2.38.